The van der Waals surface area contributed by atoms with Gasteiger partial charge in [-0.2, -0.15) is 8.42 Å². The molecule has 34 heavy (non-hydrogen) atoms. The Balaban J connectivity index is 1.41. The minimum atomic E-state index is -4.04. The molecule has 2 bridgehead atoms. The molecule has 1 aromatic heterocycles. The standard InChI is InChI=1S/C25H27NO7S/c1-2-10-26-11-9-24-21-17-3-4-18(27)22(21)32-23(24)19(5-8-25(24,28)20(26)14-17)33-34(29,30)13-7-16-6-12-31-15-16/h2-4,6-7,12-13,15,19-20,23,27-28H,1,5,8-11,14H2/b13-7+/t19-,20+,23-,24-,25+/m0/s1. The number of piperidine rings is 1. The Kier molecular flexibility index (Phi) is 4.80. The van der Waals surface area contributed by atoms with Gasteiger partial charge in [-0.3, -0.25) is 9.08 Å². The molecule has 0 radical (unpaired) electrons. The Hall–Kier alpha value is -2.59. The van der Waals surface area contributed by atoms with Crippen molar-refractivity contribution in [1.29, 1.82) is 0 Å². The fraction of sp³-hybridized carbons (Fsp3) is 0.440. The molecule has 2 fully saturated rings. The van der Waals surface area contributed by atoms with Crippen LogP contribution in [0.1, 0.15) is 36.0 Å². The van der Waals surface area contributed by atoms with Crippen molar-refractivity contribution in [3.05, 3.63) is 65.5 Å². The first kappa shape index (κ1) is 21.9. The quantitative estimate of drug-likeness (QED) is 0.475. The van der Waals surface area contributed by atoms with E-state index < -0.39 is 33.3 Å². The van der Waals surface area contributed by atoms with Gasteiger partial charge in [0.25, 0.3) is 10.1 Å². The lowest BCUT2D eigenvalue weighted by molar-refractivity contribution is -0.202. The van der Waals surface area contributed by atoms with Gasteiger partial charge >= 0.3 is 0 Å². The fourth-order valence-electron chi connectivity index (χ4n) is 6.80. The molecule has 180 valence electrons. The summed E-state index contributed by atoms with van der Waals surface area (Å²) in [5.41, 5.74) is 0.439. The van der Waals surface area contributed by atoms with E-state index in [1.807, 2.05) is 12.1 Å². The monoisotopic (exact) mass is 485 g/mol. The zero-order chi connectivity index (χ0) is 23.7. The summed E-state index contributed by atoms with van der Waals surface area (Å²) in [7, 11) is -4.04. The Labute approximate surface area is 198 Å². The number of phenols is 1. The Morgan fingerprint density at radius 2 is 2.15 bits per heavy atom. The molecule has 4 aliphatic rings. The maximum absolute atomic E-state index is 12.8. The van der Waals surface area contributed by atoms with Gasteiger partial charge in [-0.1, -0.05) is 12.1 Å². The number of furan rings is 1. The molecule has 1 spiro atoms. The second-order valence-electron chi connectivity index (χ2n) is 9.66. The number of nitrogens with zero attached hydrogens (tertiary/aromatic N) is 1. The number of benzene rings is 1. The predicted octanol–water partition coefficient (Wildman–Crippen LogP) is 2.71. The van der Waals surface area contributed by atoms with E-state index in [-0.39, 0.29) is 11.8 Å². The summed E-state index contributed by atoms with van der Waals surface area (Å²) in [4.78, 5) is 2.24. The van der Waals surface area contributed by atoms with E-state index in [2.05, 4.69) is 11.5 Å². The molecule has 2 aromatic rings. The van der Waals surface area contributed by atoms with Crippen molar-refractivity contribution in [3.63, 3.8) is 0 Å². The average molecular weight is 486 g/mol. The molecule has 1 saturated carbocycles. The number of aromatic hydroxyl groups is 1. The second-order valence-corrected chi connectivity index (χ2v) is 11.1. The molecular weight excluding hydrogens is 458 g/mol. The minimum Gasteiger partial charge on any atom is -0.504 e. The van der Waals surface area contributed by atoms with E-state index in [1.165, 1.54) is 18.6 Å². The van der Waals surface area contributed by atoms with E-state index in [9.17, 15) is 18.6 Å². The lowest BCUT2D eigenvalue weighted by Gasteiger charge is -2.63. The van der Waals surface area contributed by atoms with Gasteiger partial charge in [0, 0.05) is 23.7 Å². The Morgan fingerprint density at radius 1 is 1.29 bits per heavy atom. The number of hydrogen-bond acceptors (Lipinski definition) is 8. The van der Waals surface area contributed by atoms with Crippen LogP contribution in [0, 0.1) is 0 Å². The first-order valence-electron chi connectivity index (χ1n) is 11.5. The third-order valence-corrected chi connectivity index (χ3v) is 9.10. The van der Waals surface area contributed by atoms with Crippen molar-refractivity contribution in [2.45, 2.75) is 54.9 Å². The highest BCUT2D eigenvalue weighted by molar-refractivity contribution is 7.89. The summed E-state index contributed by atoms with van der Waals surface area (Å²) in [6.45, 7) is 5.23. The number of aliphatic hydroxyl groups is 1. The highest BCUT2D eigenvalue weighted by Gasteiger charge is 2.73. The summed E-state index contributed by atoms with van der Waals surface area (Å²) >= 11 is 0. The third-order valence-electron chi connectivity index (χ3n) is 8.11. The molecule has 5 atom stereocenters. The fourth-order valence-corrected chi connectivity index (χ4v) is 7.73. The van der Waals surface area contributed by atoms with Crippen molar-refractivity contribution >= 4 is 16.2 Å². The van der Waals surface area contributed by atoms with Crippen LogP contribution < -0.4 is 4.74 Å². The maximum Gasteiger partial charge on any atom is 0.290 e. The molecule has 1 aromatic carbocycles. The molecular formula is C25H27NO7S. The average Bonchev–Trinajstić information content (AvgIpc) is 3.43. The highest BCUT2D eigenvalue weighted by Crippen LogP contribution is 2.65. The van der Waals surface area contributed by atoms with Gasteiger partial charge in [0.05, 0.1) is 29.0 Å². The van der Waals surface area contributed by atoms with Gasteiger partial charge in [0.2, 0.25) is 0 Å². The molecule has 1 saturated heterocycles. The lowest BCUT2D eigenvalue weighted by Crippen LogP contribution is -2.77. The van der Waals surface area contributed by atoms with Crippen molar-refractivity contribution in [2.75, 3.05) is 13.1 Å². The van der Waals surface area contributed by atoms with Gasteiger partial charge in [-0.05, 0) is 56.0 Å². The largest absolute Gasteiger partial charge is 0.504 e. The zero-order valence-corrected chi connectivity index (χ0v) is 19.4. The van der Waals surface area contributed by atoms with Crippen LogP contribution in [0.5, 0.6) is 11.5 Å². The molecule has 2 N–H and O–H groups in total. The van der Waals surface area contributed by atoms with Crippen molar-refractivity contribution in [3.8, 4) is 11.5 Å². The van der Waals surface area contributed by atoms with Crippen LogP contribution in [0.3, 0.4) is 0 Å². The molecule has 2 aliphatic carbocycles. The van der Waals surface area contributed by atoms with E-state index in [1.54, 1.807) is 12.1 Å². The first-order chi connectivity index (χ1) is 16.3. The predicted molar refractivity (Wildman–Crippen MR) is 124 cm³/mol. The van der Waals surface area contributed by atoms with Crippen LogP contribution in [-0.4, -0.2) is 60.5 Å². The smallest absolute Gasteiger partial charge is 0.290 e. The van der Waals surface area contributed by atoms with Crippen LogP contribution in [0.25, 0.3) is 6.08 Å². The van der Waals surface area contributed by atoms with Crippen LogP contribution in [-0.2, 0) is 26.1 Å². The molecule has 3 heterocycles. The maximum atomic E-state index is 12.8. The van der Waals surface area contributed by atoms with Crippen molar-refractivity contribution in [2.24, 2.45) is 0 Å². The molecule has 9 heteroatoms. The summed E-state index contributed by atoms with van der Waals surface area (Å²) in [5, 5.41) is 23.9. The van der Waals surface area contributed by atoms with Crippen LogP contribution in [0.15, 0.2) is 53.2 Å². The SMILES string of the molecule is C=CCN1CC[C@]23c4c5ccc(O)c4O[C@H]2[C@@H](OS(=O)(=O)/C=C/c2ccoc2)CC[C@@]3(O)[C@H]1C5. The highest BCUT2D eigenvalue weighted by atomic mass is 32.2. The van der Waals surface area contributed by atoms with Gasteiger partial charge in [-0.25, -0.2) is 0 Å². The number of hydrogen-bond donors (Lipinski definition) is 2. The van der Waals surface area contributed by atoms with E-state index >= 15 is 0 Å². The third kappa shape index (κ3) is 2.90. The van der Waals surface area contributed by atoms with Crippen LogP contribution in [0.4, 0.5) is 0 Å². The topological polar surface area (TPSA) is 109 Å². The lowest BCUT2D eigenvalue weighted by atomic mass is 9.48. The van der Waals surface area contributed by atoms with Crippen molar-refractivity contribution in [1.82, 2.24) is 4.90 Å². The summed E-state index contributed by atoms with van der Waals surface area (Å²) in [6.07, 6.45) is 6.48. The summed E-state index contributed by atoms with van der Waals surface area (Å²) in [5.74, 6) is 0.344. The van der Waals surface area contributed by atoms with E-state index in [4.69, 9.17) is 13.3 Å². The molecule has 0 unspecified atom stereocenters. The van der Waals surface area contributed by atoms with E-state index in [0.717, 1.165) is 16.5 Å². The molecule has 2 aliphatic heterocycles. The van der Waals surface area contributed by atoms with Crippen LogP contribution in [0.2, 0.25) is 0 Å². The normalized spacial score (nSPS) is 34.1. The summed E-state index contributed by atoms with van der Waals surface area (Å²) in [6, 6.07) is 4.99. The van der Waals surface area contributed by atoms with E-state index in [0.29, 0.717) is 50.1 Å². The zero-order valence-electron chi connectivity index (χ0n) is 18.6. The van der Waals surface area contributed by atoms with Gasteiger partial charge in [0.15, 0.2) is 11.5 Å². The number of rotatable bonds is 6. The van der Waals surface area contributed by atoms with Gasteiger partial charge in [0.1, 0.15) is 12.2 Å². The minimum absolute atomic E-state index is 0.00157. The number of ether oxygens (including phenoxy) is 1. The van der Waals surface area contributed by atoms with Gasteiger partial charge < -0.3 is 19.4 Å². The molecule has 0 amide bonds. The Bertz CT molecular complexity index is 1270. The number of phenolic OH excluding ortho intramolecular Hbond substituents is 1. The first-order valence-corrected chi connectivity index (χ1v) is 13.0. The summed E-state index contributed by atoms with van der Waals surface area (Å²) < 4.78 is 42.7. The Morgan fingerprint density at radius 3 is 2.91 bits per heavy atom. The van der Waals surface area contributed by atoms with Crippen LogP contribution >= 0.6 is 0 Å². The second kappa shape index (κ2) is 7.45. The van der Waals surface area contributed by atoms with Gasteiger partial charge in [-0.15, -0.1) is 6.58 Å². The van der Waals surface area contributed by atoms with Crippen molar-refractivity contribution < 1.29 is 32.0 Å². The number of likely N-dealkylation sites (tertiary alicyclic amines) is 1. The molecule has 8 nitrogen and oxygen atoms in total. The molecule has 6 rings (SSSR count).